The second-order valence-electron chi connectivity index (χ2n) is 4.76. The van der Waals surface area contributed by atoms with Crippen LogP contribution in [0.5, 0.6) is 0 Å². The molecule has 80 valence electrons. The van der Waals surface area contributed by atoms with E-state index in [1.54, 1.807) is 0 Å². The average Bonchev–Trinajstić information content (AvgIpc) is 2.83. The van der Waals surface area contributed by atoms with Gasteiger partial charge >= 0.3 is 0 Å². The number of nitrogens with zero attached hydrogens (tertiary/aromatic N) is 1. The first kappa shape index (κ1) is 9.37. The van der Waals surface area contributed by atoms with Gasteiger partial charge in [-0.3, -0.25) is 4.90 Å². The number of ether oxygens (including phenoxy) is 1. The minimum atomic E-state index is 0.514. The smallest absolute Gasteiger partial charge is 0.0718 e. The fourth-order valence-corrected chi connectivity index (χ4v) is 2.60. The standard InChI is InChI=1S/C13H17NO/c1-10-2-4-11(5-3-10)7-14-8-13-6-12(14)9-15-13/h2-5,12-13H,6-9H2,1H3/t12-,13-/m0/s1. The fraction of sp³-hybridized carbons (Fsp3) is 0.538. The number of benzene rings is 1. The summed E-state index contributed by atoms with van der Waals surface area (Å²) < 4.78 is 5.60. The number of morpholine rings is 1. The molecule has 15 heavy (non-hydrogen) atoms. The number of likely N-dealkylation sites (tertiary alicyclic amines) is 1. The largest absolute Gasteiger partial charge is 0.375 e. The van der Waals surface area contributed by atoms with Gasteiger partial charge in [-0.15, -0.1) is 0 Å². The third-order valence-corrected chi connectivity index (χ3v) is 3.52. The lowest BCUT2D eigenvalue weighted by molar-refractivity contribution is 0.0273. The van der Waals surface area contributed by atoms with Crippen molar-refractivity contribution in [2.45, 2.75) is 32.0 Å². The Morgan fingerprint density at radius 1 is 1.33 bits per heavy atom. The fourth-order valence-electron chi connectivity index (χ4n) is 2.60. The van der Waals surface area contributed by atoms with Crippen molar-refractivity contribution in [3.05, 3.63) is 35.4 Å². The molecule has 2 aliphatic rings. The number of hydrogen-bond acceptors (Lipinski definition) is 2. The third kappa shape index (κ3) is 1.80. The molecule has 0 unspecified atom stereocenters. The van der Waals surface area contributed by atoms with Crippen LogP contribution in [0.4, 0.5) is 0 Å². The molecular weight excluding hydrogens is 186 g/mol. The Morgan fingerprint density at radius 2 is 2.13 bits per heavy atom. The van der Waals surface area contributed by atoms with Crippen molar-refractivity contribution in [1.29, 1.82) is 0 Å². The Labute approximate surface area is 90.8 Å². The molecule has 2 nitrogen and oxygen atoms in total. The van der Waals surface area contributed by atoms with Crippen LogP contribution >= 0.6 is 0 Å². The van der Waals surface area contributed by atoms with Crippen molar-refractivity contribution in [2.24, 2.45) is 0 Å². The molecular formula is C13H17NO. The quantitative estimate of drug-likeness (QED) is 0.728. The van der Waals surface area contributed by atoms with E-state index in [2.05, 4.69) is 36.1 Å². The van der Waals surface area contributed by atoms with Crippen LogP contribution in [-0.4, -0.2) is 30.2 Å². The zero-order valence-electron chi connectivity index (χ0n) is 9.15. The summed E-state index contributed by atoms with van der Waals surface area (Å²) in [5.74, 6) is 0. The van der Waals surface area contributed by atoms with Crippen molar-refractivity contribution in [2.75, 3.05) is 13.2 Å². The predicted octanol–water partition coefficient (Wildman–Crippen LogP) is 1.97. The lowest BCUT2D eigenvalue weighted by Gasteiger charge is -2.26. The van der Waals surface area contributed by atoms with E-state index in [0.717, 1.165) is 19.7 Å². The van der Waals surface area contributed by atoms with Crippen LogP contribution in [0.1, 0.15) is 17.5 Å². The van der Waals surface area contributed by atoms with Gasteiger partial charge in [-0.05, 0) is 18.9 Å². The van der Waals surface area contributed by atoms with Crippen LogP contribution in [0.3, 0.4) is 0 Å². The van der Waals surface area contributed by atoms with Gasteiger partial charge in [0.15, 0.2) is 0 Å². The SMILES string of the molecule is Cc1ccc(CN2C[C@@H]3C[C@H]2CO3)cc1. The van der Waals surface area contributed by atoms with Gasteiger partial charge in [0.2, 0.25) is 0 Å². The maximum absolute atomic E-state index is 5.60. The van der Waals surface area contributed by atoms with Crippen LogP contribution in [0.2, 0.25) is 0 Å². The van der Waals surface area contributed by atoms with E-state index in [0.29, 0.717) is 12.1 Å². The summed E-state index contributed by atoms with van der Waals surface area (Å²) in [4.78, 5) is 2.55. The van der Waals surface area contributed by atoms with E-state index in [-0.39, 0.29) is 0 Å². The Bertz CT molecular complexity index is 346. The molecule has 1 aromatic carbocycles. The molecule has 2 bridgehead atoms. The van der Waals surface area contributed by atoms with Crippen molar-refractivity contribution < 1.29 is 4.74 Å². The molecule has 2 heteroatoms. The van der Waals surface area contributed by atoms with Crippen LogP contribution in [0.25, 0.3) is 0 Å². The maximum atomic E-state index is 5.60. The van der Waals surface area contributed by atoms with Gasteiger partial charge in [0.1, 0.15) is 0 Å². The van der Waals surface area contributed by atoms with Crippen molar-refractivity contribution >= 4 is 0 Å². The van der Waals surface area contributed by atoms with Gasteiger partial charge in [-0.25, -0.2) is 0 Å². The topological polar surface area (TPSA) is 12.5 Å². The van der Waals surface area contributed by atoms with E-state index in [1.165, 1.54) is 17.5 Å². The summed E-state index contributed by atoms with van der Waals surface area (Å²) >= 11 is 0. The zero-order valence-corrected chi connectivity index (χ0v) is 9.15. The van der Waals surface area contributed by atoms with Gasteiger partial charge in [0, 0.05) is 19.1 Å². The molecule has 2 atom stereocenters. The van der Waals surface area contributed by atoms with Crippen LogP contribution in [0.15, 0.2) is 24.3 Å². The summed E-state index contributed by atoms with van der Waals surface area (Å²) in [7, 11) is 0. The molecule has 3 rings (SSSR count). The molecule has 0 aromatic heterocycles. The van der Waals surface area contributed by atoms with E-state index < -0.39 is 0 Å². The van der Waals surface area contributed by atoms with Crippen LogP contribution in [0, 0.1) is 6.92 Å². The van der Waals surface area contributed by atoms with Crippen molar-refractivity contribution in [3.63, 3.8) is 0 Å². The molecule has 0 spiro atoms. The summed E-state index contributed by atoms with van der Waals surface area (Å²) in [6.45, 7) is 5.29. The highest BCUT2D eigenvalue weighted by Crippen LogP contribution is 2.28. The highest BCUT2D eigenvalue weighted by atomic mass is 16.5. The summed E-state index contributed by atoms with van der Waals surface area (Å²) in [5, 5.41) is 0. The highest BCUT2D eigenvalue weighted by Gasteiger charge is 2.38. The van der Waals surface area contributed by atoms with Gasteiger partial charge in [0.25, 0.3) is 0 Å². The predicted molar refractivity (Wildman–Crippen MR) is 59.7 cm³/mol. The molecule has 2 saturated heterocycles. The summed E-state index contributed by atoms with van der Waals surface area (Å²) in [6, 6.07) is 9.54. The highest BCUT2D eigenvalue weighted by molar-refractivity contribution is 5.21. The van der Waals surface area contributed by atoms with E-state index in [4.69, 9.17) is 4.74 Å². The van der Waals surface area contributed by atoms with E-state index >= 15 is 0 Å². The van der Waals surface area contributed by atoms with E-state index in [1.807, 2.05) is 0 Å². The van der Waals surface area contributed by atoms with Gasteiger partial charge in [-0.2, -0.15) is 0 Å². The number of fused-ring (bicyclic) bond motifs is 2. The van der Waals surface area contributed by atoms with Crippen LogP contribution < -0.4 is 0 Å². The maximum Gasteiger partial charge on any atom is 0.0718 e. The molecule has 0 aliphatic carbocycles. The lowest BCUT2D eigenvalue weighted by atomic mass is 10.1. The minimum Gasteiger partial charge on any atom is -0.375 e. The Kier molecular flexibility index (Phi) is 2.26. The first-order valence-corrected chi connectivity index (χ1v) is 5.72. The third-order valence-electron chi connectivity index (χ3n) is 3.52. The Balaban J connectivity index is 1.68. The van der Waals surface area contributed by atoms with Crippen molar-refractivity contribution in [1.82, 2.24) is 4.90 Å². The first-order valence-electron chi connectivity index (χ1n) is 5.72. The van der Waals surface area contributed by atoms with Crippen LogP contribution in [-0.2, 0) is 11.3 Å². The Hall–Kier alpha value is -0.860. The second kappa shape index (κ2) is 3.62. The molecule has 2 fully saturated rings. The van der Waals surface area contributed by atoms with Crippen molar-refractivity contribution in [3.8, 4) is 0 Å². The summed E-state index contributed by atoms with van der Waals surface area (Å²) in [5.41, 5.74) is 2.76. The first-order chi connectivity index (χ1) is 7.31. The normalized spacial score (nSPS) is 29.9. The molecule has 0 radical (unpaired) electrons. The molecule has 0 saturated carbocycles. The number of rotatable bonds is 2. The molecule has 2 heterocycles. The van der Waals surface area contributed by atoms with E-state index in [9.17, 15) is 0 Å². The van der Waals surface area contributed by atoms with Gasteiger partial charge in [0.05, 0.1) is 12.7 Å². The number of hydrogen-bond donors (Lipinski definition) is 0. The Morgan fingerprint density at radius 3 is 2.73 bits per heavy atom. The number of aryl methyl sites for hydroxylation is 1. The minimum absolute atomic E-state index is 0.514. The zero-order chi connectivity index (χ0) is 10.3. The molecule has 0 N–H and O–H groups in total. The molecule has 1 aromatic rings. The lowest BCUT2D eigenvalue weighted by Crippen LogP contribution is -2.36. The monoisotopic (exact) mass is 203 g/mol. The second-order valence-corrected chi connectivity index (χ2v) is 4.76. The molecule has 0 amide bonds. The van der Waals surface area contributed by atoms with Gasteiger partial charge < -0.3 is 4.74 Å². The summed E-state index contributed by atoms with van der Waals surface area (Å²) in [6.07, 6.45) is 1.76. The average molecular weight is 203 g/mol. The van der Waals surface area contributed by atoms with Gasteiger partial charge in [-0.1, -0.05) is 29.8 Å². The molecule has 2 aliphatic heterocycles.